The zero-order valence-corrected chi connectivity index (χ0v) is 19.4. The Hall–Kier alpha value is -3.56. The molecule has 0 bridgehead atoms. The minimum atomic E-state index is -4.84. The van der Waals surface area contributed by atoms with Crippen LogP contribution in [0.3, 0.4) is 0 Å². The number of benzene rings is 2. The largest absolute Gasteiger partial charge is 0.491 e. The van der Waals surface area contributed by atoms with Crippen LogP contribution in [0.25, 0.3) is 0 Å². The third-order valence-electron chi connectivity index (χ3n) is 4.28. The van der Waals surface area contributed by atoms with Gasteiger partial charge in [0.05, 0.1) is 28.3 Å². The summed E-state index contributed by atoms with van der Waals surface area (Å²) in [6, 6.07) is 9.75. The number of rotatable bonds is 6. The summed E-state index contributed by atoms with van der Waals surface area (Å²) in [5.74, 6) is -1.67. The number of imide groups is 1. The molecule has 0 unspecified atom stereocenters. The summed E-state index contributed by atoms with van der Waals surface area (Å²) < 4.78 is 55.9. The molecular weight excluding hydrogens is 455 g/mol. The first kappa shape index (κ1) is 26.7. The van der Waals surface area contributed by atoms with Gasteiger partial charge in [0.2, 0.25) is 6.79 Å². The normalized spacial score (nSPS) is 11.7. The van der Waals surface area contributed by atoms with Gasteiger partial charge in [-0.2, -0.15) is 13.2 Å². The monoisotopic (exact) mass is 481 g/mol. The number of carbonyl (C=O) groups excluding carboxylic acids is 3. The summed E-state index contributed by atoms with van der Waals surface area (Å²) in [6.07, 6.45) is -6.41. The Morgan fingerprint density at radius 2 is 1.59 bits per heavy atom. The number of alkyl halides is 3. The molecule has 184 valence electrons. The van der Waals surface area contributed by atoms with Crippen LogP contribution in [0, 0.1) is 5.41 Å². The van der Waals surface area contributed by atoms with Gasteiger partial charge in [-0.05, 0) is 58.9 Å². The number of halogens is 3. The van der Waals surface area contributed by atoms with Gasteiger partial charge in [0.25, 0.3) is 5.91 Å². The Balaban J connectivity index is 2.44. The molecule has 0 aliphatic rings. The molecule has 2 aromatic carbocycles. The second-order valence-corrected chi connectivity index (χ2v) is 8.56. The van der Waals surface area contributed by atoms with Gasteiger partial charge < -0.3 is 14.2 Å². The van der Waals surface area contributed by atoms with Gasteiger partial charge in [-0.3, -0.25) is 9.59 Å². The summed E-state index contributed by atoms with van der Waals surface area (Å²) >= 11 is 0. The molecule has 0 fully saturated rings. The number of esters is 1. The molecular formula is C24H26F3NO6. The van der Waals surface area contributed by atoms with E-state index in [0.717, 1.165) is 18.2 Å². The Morgan fingerprint density at radius 3 is 2.18 bits per heavy atom. The van der Waals surface area contributed by atoms with Crippen LogP contribution in [-0.2, 0) is 20.4 Å². The standard InChI is InChI=1S/C24H26F3NO6/c1-15(2)34-17-10-8-9-16(13-17)28(22(31)33-14-32-21(30)23(3,4)5)20(29)18-11-6-7-12-19(18)24(25,26)27/h6-13,15H,14H2,1-5H3. The van der Waals surface area contributed by atoms with Crippen LogP contribution in [0.15, 0.2) is 48.5 Å². The van der Waals surface area contributed by atoms with Gasteiger partial charge in [-0.1, -0.05) is 18.2 Å². The lowest BCUT2D eigenvalue weighted by Gasteiger charge is -2.23. The number of hydrogen-bond donors (Lipinski definition) is 0. The van der Waals surface area contributed by atoms with Crippen molar-refractivity contribution >= 4 is 23.7 Å². The van der Waals surface area contributed by atoms with Crippen LogP contribution >= 0.6 is 0 Å². The van der Waals surface area contributed by atoms with Gasteiger partial charge in [-0.15, -0.1) is 0 Å². The van der Waals surface area contributed by atoms with E-state index in [1.807, 2.05) is 0 Å². The lowest BCUT2D eigenvalue weighted by Crippen LogP contribution is -2.39. The van der Waals surface area contributed by atoms with Crippen molar-refractivity contribution in [2.75, 3.05) is 11.7 Å². The molecule has 0 aromatic heterocycles. The first-order chi connectivity index (χ1) is 15.7. The second kappa shape index (κ2) is 10.6. The average molecular weight is 481 g/mol. The van der Waals surface area contributed by atoms with Gasteiger partial charge in [-0.25, -0.2) is 9.69 Å². The smallest absolute Gasteiger partial charge is 0.424 e. The van der Waals surface area contributed by atoms with E-state index < -0.39 is 47.5 Å². The minimum absolute atomic E-state index is 0.0905. The maximum atomic E-state index is 13.5. The van der Waals surface area contributed by atoms with Crippen molar-refractivity contribution in [3.8, 4) is 5.75 Å². The van der Waals surface area contributed by atoms with E-state index in [1.165, 1.54) is 24.3 Å². The molecule has 0 spiro atoms. The molecule has 0 N–H and O–H groups in total. The number of ether oxygens (including phenoxy) is 3. The Kier molecular flexibility index (Phi) is 8.31. The summed E-state index contributed by atoms with van der Waals surface area (Å²) in [6.45, 7) is 7.44. The van der Waals surface area contributed by atoms with Crippen molar-refractivity contribution in [2.24, 2.45) is 5.41 Å². The first-order valence-corrected chi connectivity index (χ1v) is 10.3. The molecule has 0 atom stereocenters. The lowest BCUT2D eigenvalue weighted by atomic mass is 9.98. The fourth-order valence-corrected chi connectivity index (χ4v) is 2.73. The molecule has 0 heterocycles. The van der Waals surface area contributed by atoms with E-state index in [4.69, 9.17) is 14.2 Å². The summed E-state index contributed by atoms with van der Waals surface area (Å²) in [5, 5.41) is 0. The lowest BCUT2D eigenvalue weighted by molar-refractivity contribution is -0.161. The van der Waals surface area contributed by atoms with Crippen molar-refractivity contribution in [3.05, 3.63) is 59.7 Å². The fraction of sp³-hybridized carbons (Fsp3) is 0.375. The van der Waals surface area contributed by atoms with E-state index in [2.05, 4.69) is 0 Å². The first-order valence-electron chi connectivity index (χ1n) is 10.3. The van der Waals surface area contributed by atoms with E-state index in [0.29, 0.717) is 4.90 Å². The Bertz CT molecular complexity index is 1040. The maximum Gasteiger partial charge on any atom is 0.424 e. The third-order valence-corrected chi connectivity index (χ3v) is 4.28. The van der Waals surface area contributed by atoms with Gasteiger partial charge in [0.1, 0.15) is 5.75 Å². The highest BCUT2D eigenvalue weighted by Gasteiger charge is 2.38. The third kappa shape index (κ3) is 6.97. The van der Waals surface area contributed by atoms with E-state index >= 15 is 0 Å². The quantitative estimate of drug-likeness (QED) is 0.382. The molecule has 2 rings (SSSR count). The number of carbonyl (C=O) groups is 3. The van der Waals surface area contributed by atoms with Crippen molar-refractivity contribution in [1.82, 2.24) is 0 Å². The van der Waals surface area contributed by atoms with Crippen LogP contribution in [0.2, 0.25) is 0 Å². The second-order valence-electron chi connectivity index (χ2n) is 8.56. The summed E-state index contributed by atoms with van der Waals surface area (Å²) in [4.78, 5) is 38.4. The maximum absolute atomic E-state index is 13.5. The topological polar surface area (TPSA) is 82.1 Å². The number of hydrogen-bond acceptors (Lipinski definition) is 6. The van der Waals surface area contributed by atoms with Crippen molar-refractivity contribution in [2.45, 2.75) is 46.9 Å². The van der Waals surface area contributed by atoms with E-state index in [9.17, 15) is 27.6 Å². The molecule has 34 heavy (non-hydrogen) atoms. The fourth-order valence-electron chi connectivity index (χ4n) is 2.73. The number of amides is 2. The predicted octanol–water partition coefficient (Wildman–Crippen LogP) is 5.82. The van der Waals surface area contributed by atoms with Crippen LogP contribution in [0.5, 0.6) is 5.75 Å². The van der Waals surface area contributed by atoms with Crippen LogP contribution in [-0.4, -0.2) is 30.9 Å². The van der Waals surface area contributed by atoms with Crippen LogP contribution < -0.4 is 9.64 Å². The summed E-state index contributed by atoms with van der Waals surface area (Å²) in [7, 11) is 0. The molecule has 2 aromatic rings. The number of nitrogens with zero attached hydrogens (tertiary/aromatic N) is 1. The van der Waals surface area contributed by atoms with Gasteiger partial charge in [0.15, 0.2) is 0 Å². The van der Waals surface area contributed by atoms with Gasteiger partial charge in [0, 0.05) is 6.07 Å². The zero-order chi connectivity index (χ0) is 25.7. The number of anilines is 1. The Morgan fingerprint density at radius 1 is 0.941 bits per heavy atom. The Labute approximate surface area is 195 Å². The summed E-state index contributed by atoms with van der Waals surface area (Å²) in [5.41, 5.74) is -2.94. The van der Waals surface area contributed by atoms with Crippen molar-refractivity contribution < 1.29 is 41.8 Å². The molecule has 0 saturated carbocycles. The molecule has 0 radical (unpaired) electrons. The van der Waals surface area contributed by atoms with E-state index in [1.54, 1.807) is 40.7 Å². The molecule has 0 aliphatic carbocycles. The minimum Gasteiger partial charge on any atom is -0.491 e. The highest BCUT2D eigenvalue weighted by atomic mass is 19.4. The van der Waals surface area contributed by atoms with E-state index in [-0.39, 0.29) is 17.5 Å². The highest BCUT2D eigenvalue weighted by molar-refractivity contribution is 6.19. The van der Waals surface area contributed by atoms with Crippen molar-refractivity contribution in [1.29, 1.82) is 0 Å². The van der Waals surface area contributed by atoms with Gasteiger partial charge >= 0.3 is 18.2 Å². The van der Waals surface area contributed by atoms with Crippen LogP contribution in [0.4, 0.5) is 23.7 Å². The van der Waals surface area contributed by atoms with Crippen molar-refractivity contribution in [3.63, 3.8) is 0 Å². The molecule has 0 aliphatic heterocycles. The molecule has 10 heteroatoms. The average Bonchev–Trinajstić information content (AvgIpc) is 2.72. The predicted molar refractivity (Wildman–Crippen MR) is 117 cm³/mol. The highest BCUT2D eigenvalue weighted by Crippen LogP contribution is 2.33. The molecule has 2 amide bonds. The molecule has 7 nitrogen and oxygen atoms in total. The SMILES string of the molecule is CC(C)Oc1cccc(N(C(=O)OCOC(=O)C(C)(C)C)C(=O)c2ccccc2C(F)(F)F)c1. The zero-order valence-electron chi connectivity index (χ0n) is 19.4. The molecule has 0 saturated heterocycles. The van der Waals surface area contributed by atoms with Crippen LogP contribution in [0.1, 0.15) is 50.5 Å².